The molecule has 0 spiro atoms. The van der Waals surface area contributed by atoms with Crippen LogP contribution in [0.4, 0.5) is 0 Å². The Morgan fingerprint density at radius 1 is 1.64 bits per heavy atom. The van der Waals surface area contributed by atoms with Gasteiger partial charge in [-0.1, -0.05) is 0 Å². The summed E-state index contributed by atoms with van der Waals surface area (Å²) < 4.78 is 0.200. The molecule has 3 nitrogen and oxygen atoms in total. The monoisotopic (exact) mass is 216 g/mol. The third kappa shape index (κ3) is 3.50. The van der Waals surface area contributed by atoms with Gasteiger partial charge in [-0.3, -0.25) is 4.79 Å². The molecule has 0 bridgehead atoms. The van der Waals surface area contributed by atoms with Crippen LogP contribution in [0.5, 0.6) is 0 Å². The van der Waals surface area contributed by atoms with Crippen molar-refractivity contribution >= 4 is 17.7 Å². The SMILES string of the molecule is CC(N)CC(=O)N1CCSC(C)(C)C1. The summed E-state index contributed by atoms with van der Waals surface area (Å²) in [5, 5.41) is 0. The zero-order valence-corrected chi connectivity index (χ0v) is 10.1. The van der Waals surface area contributed by atoms with Crippen molar-refractivity contribution in [1.82, 2.24) is 4.90 Å². The maximum atomic E-state index is 11.7. The summed E-state index contributed by atoms with van der Waals surface area (Å²) in [6.45, 7) is 7.97. The molecule has 1 aliphatic heterocycles. The molecule has 1 aliphatic rings. The molecule has 0 radical (unpaired) electrons. The Balaban J connectivity index is 2.48. The van der Waals surface area contributed by atoms with Gasteiger partial charge in [-0.15, -0.1) is 0 Å². The minimum atomic E-state index is -0.0276. The number of rotatable bonds is 2. The summed E-state index contributed by atoms with van der Waals surface area (Å²) in [7, 11) is 0. The number of nitrogens with two attached hydrogens (primary N) is 1. The molecule has 0 aliphatic carbocycles. The highest BCUT2D eigenvalue weighted by Gasteiger charge is 2.29. The molecular weight excluding hydrogens is 196 g/mol. The first-order chi connectivity index (χ1) is 6.41. The van der Waals surface area contributed by atoms with Crippen LogP contribution in [0.25, 0.3) is 0 Å². The molecule has 1 amide bonds. The molecular formula is C10H20N2OS. The zero-order chi connectivity index (χ0) is 10.8. The Labute approximate surface area is 90.4 Å². The Hall–Kier alpha value is -0.220. The lowest BCUT2D eigenvalue weighted by atomic mass is 10.1. The Morgan fingerprint density at radius 2 is 2.29 bits per heavy atom. The number of carbonyl (C=O) groups excluding carboxylic acids is 1. The van der Waals surface area contributed by atoms with Crippen molar-refractivity contribution in [2.24, 2.45) is 5.73 Å². The van der Waals surface area contributed by atoms with Gasteiger partial charge in [0.1, 0.15) is 0 Å². The lowest BCUT2D eigenvalue weighted by Gasteiger charge is -2.37. The zero-order valence-electron chi connectivity index (χ0n) is 9.25. The van der Waals surface area contributed by atoms with E-state index < -0.39 is 0 Å². The highest BCUT2D eigenvalue weighted by molar-refractivity contribution is 8.00. The van der Waals surface area contributed by atoms with Crippen LogP contribution in [-0.4, -0.2) is 40.4 Å². The maximum absolute atomic E-state index is 11.7. The van der Waals surface area contributed by atoms with Crippen molar-refractivity contribution in [2.45, 2.75) is 38.0 Å². The van der Waals surface area contributed by atoms with Gasteiger partial charge in [-0.05, 0) is 20.8 Å². The molecule has 0 aromatic heterocycles. The van der Waals surface area contributed by atoms with Crippen molar-refractivity contribution in [3.63, 3.8) is 0 Å². The molecule has 1 fully saturated rings. The van der Waals surface area contributed by atoms with Crippen LogP contribution in [0.2, 0.25) is 0 Å². The molecule has 1 heterocycles. The lowest BCUT2D eigenvalue weighted by molar-refractivity contribution is -0.131. The van der Waals surface area contributed by atoms with Crippen LogP contribution in [0.1, 0.15) is 27.2 Å². The normalized spacial score (nSPS) is 23.3. The summed E-state index contributed by atoms with van der Waals surface area (Å²) in [6, 6.07) is -0.0276. The fraction of sp³-hybridized carbons (Fsp3) is 0.900. The van der Waals surface area contributed by atoms with Crippen LogP contribution >= 0.6 is 11.8 Å². The van der Waals surface area contributed by atoms with E-state index in [4.69, 9.17) is 5.73 Å². The molecule has 1 atom stereocenters. The third-order valence-corrected chi connectivity index (χ3v) is 3.57. The molecule has 14 heavy (non-hydrogen) atoms. The van der Waals surface area contributed by atoms with Gasteiger partial charge < -0.3 is 10.6 Å². The van der Waals surface area contributed by atoms with Crippen molar-refractivity contribution in [1.29, 1.82) is 0 Å². The summed E-state index contributed by atoms with van der Waals surface area (Å²) in [4.78, 5) is 13.7. The molecule has 1 unspecified atom stereocenters. The van der Waals surface area contributed by atoms with E-state index in [9.17, 15) is 4.79 Å². The molecule has 0 aromatic carbocycles. The van der Waals surface area contributed by atoms with Crippen LogP contribution in [0.15, 0.2) is 0 Å². The van der Waals surface area contributed by atoms with Gasteiger partial charge >= 0.3 is 0 Å². The lowest BCUT2D eigenvalue weighted by Crippen LogP contribution is -2.47. The van der Waals surface area contributed by atoms with Gasteiger partial charge in [0.15, 0.2) is 0 Å². The van der Waals surface area contributed by atoms with E-state index in [1.807, 2.05) is 23.6 Å². The first-order valence-electron chi connectivity index (χ1n) is 5.08. The second-order valence-corrected chi connectivity index (χ2v) is 6.41. The molecule has 0 saturated carbocycles. The maximum Gasteiger partial charge on any atom is 0.224 e. The standard InChI is InChI=1S/C10H20N2OS/c1-8(11)6-9(13)12-4-5-14-10(2,3)7-12/h8H,4-7,11H2,1-3H3. The van der Waals surface area contributed by atoms with Gasteiger partial charge in [-0.2, -0.15) is 11.8 Å². The Kier molecular flexibility index (Phi) is 3.84. The van der Waals surface area contributed by atoms with Crippen molar-refractivity contribution in [2.75, 3.05) is 18.8 Å². The number of amides is 1. The highest BCUT2D eigenvalue weighted by Crippen LogP contribution is 2.29. The van der Waals surface area contributed by atoms with Crippen LogP contribution < -0.4 is 5.73 Å². The van der Waals surface area contributed by atoms with Crippen LogP contribution in [0.3, 0.4) is 0 Å². The number of carbonyl (C=O) groups is 1. The van der Waals surface area contributed by atoms with Gasteiger partial charge in [0, 0.05) is 36.1 Å². The summed E-state index contributed by atoms with van der Waals surface area (Å²) in [6.07, 6.45) is 0.473. The average molecular weight is 216 g/mol. The van der Waals surface area contributed by atoms with Crippen molar-refractivity contribution in [3.05, 3.63) is 0 Å². The minimum absolute atomic E-state index is 0.0276. The van der Waals surface area contributed by atoms with E-state index in [1.54, 1.807) is 0 Å². The number of nitrogens with zero attached hydrogens (tertiary/aromatic N) is 1. The van der Waals surface area contributed by atoms with Gasteiger partial charge in [0.2, 0.25) is 5.91 Å². The molecule has 4 heteroatoms. The average Bonchev–Trinajstić information content (AvgIpc) is 2.01. The van der Waals surface area contributed by atoms with E-state index >= 15 is 0 Å². The summed E-state index contributed by atoms with van der Waals surface area (Å²) in [5.41, 5.74) is 5.61. The summed E-state index contributed by atoms with van der Waals surface area (Å²) >= 11 is 1.94. The fourth-order valence-corrected chi connectivity index (χ4v) is 2.75. The van der Waals surface area contributed by atoms with Gasteiger partial charge in [0.25, 0.3) is 0 Å². The van der Waals surface area contributed by atoms with Crippen LogP contribution in [-0.2, 0) is 4.79 Å². The predicted octanol–water partition coefficient (Wildman–Crippen LogP) is 1.08. The molecule has 0 aromatic rings. The minimum Gasteiger partial charge on any atom is -0.340 e. The summed E-state index contributed by atoms with van der Waals surface area (Å²) in [5.74, 6) is 1.24. The first kappa shape index (κ1) is 11.9. The molecule has 1 saturated heterocycles. The predicted molar refractivity (Wildman–Crippen MR) is 61.4 cm³/mol. The van der Waals surface area contributed by atoms with E-state index in [2.05, 4.69) is 13.8 Å². The number of hydrogen-bond donors (Lipinski definition) is 1. The van der Waals surface area contributed by atoms with E-state index in [-0.39, 0.29) is 16.7 Å². The fourth-order valence-electron chi connectivity index (χ4n) is 1.63. The largest absolute Gasteiger partial charge is 0.340 e. The van der Waals surface area contributed by atoms with E-state index in [0.29, 0.717) is 6.42 Å². The van der Waals surface area contributed by atoms with Gasteiger partial charge in [0.05, 0.1) is 0 Å². The number of hydrogen-bond acceptors (Lipinski definition) is 3. The molecule has 2 N–H and O–H groups in total. The first-order valence-corrected chi connectivity index (χ1v) is 6.06. The second kappa shape index (κ2) is 4.53. The molecule has 82 valence electrons. The second-order valence-electron chi connectivity index (χ2n) is 4.60. The van der Waals surface area contributed by atoms with Crippen LogP contribution in [0, 0.1) is 0 Å². The van der Waals surface area contributed by atoms with Crippen molar-refractivity contribution in [3.8, 4) is 0 Å². The van der Waals surface area contributed by atoms with E-state index in [1.165, 1.54) is 0 Å². The highest BCUT2D eigenvalue weighted by atomic mass is 32.2. The van der Waals surface area contributed by atoms with Gasteiger partial charge in [-0.25, -0.2) is 0 Å². The Bertz CT molecular complexity index is 216. The quantitative estimate of drug-likeness (QED) is 0.751. The van der Waals surface area contributed by atoms with Crippen molar-refractivity contribution < 1.29 is 4.79 Å². The third-order valence-electron chi connectivity index (χ3n) is 2.27. The number of thioether (sulfide) groups is 1. The smallest absolute Gasteiger partial charge is 0.224 e. The molecule has 1 rings (SSSR count). The topological polar surface area (TPSA) is 46.3 Å². The Morgan fingerprint density at radius 3 is 2.79 bits per heavy atom. The van der Waals surface area contributed by atoms with E-state index in [0.717, 1.165) is 18.8 Å².